The van der Waals surface area contributed by atoms with E-state index < -0.39 is 23.3 Å². The van der Waals surface area contributed by atoms with Gasteiger partial charge < -0.3 is 15.4 Å². The predicted molar refractivity (Wildman–Crippen MR) is 31.1 cm³/mol. The molecule has 0 saturated carbocycles. The average Bonchev–Trinajstić information content (AvgIpc) is 2.31. The van der Waals surface area contributed by atoms with Crippen LogP contribution >= 0.6 is 0 Å². The number of carbonyl (C=O) groups is 2. The molecule has 0 radical (unpaired) electrons. The van der Waals surface area contributed by atoms with Crippen molar-refractivity contribution in [2.45, 2.75) is 0 Å². The van der Waals surface area contributed by atoms with Crippen molar-refractivity contribution in [1.82, 2.24) is 15.2 Å². The smallest absolute Gasteiger partial charge is 0.359 e. The Morgan fingerprint density at radius 1 is 1.08 bits per heavy atom. The molecule has 0 aliphatic heterocycles. The zero-order valence-corrected chi connectivity index (χ0v) is 5.50. The number of rotatable bonds is 2. The van der Waals surface area contributed by atoms with Gasteiger partial charge in [-0.15, -0.1) is 10.2 Å². The molecule has 12 heavy (non-hydrogen) atoms. The molecule has 3 N–H and O–H groups in total. The Kier molecular flexibility index (Phi) is 1.66. The number of nitrogens with zero attached hydrogens (tertiary/aromatic N) is 3. The third-order valence-corrected chi connectivity index (χ3v) is 1.01. The maximum Gasteiger partial charge on any atom is 0.359 e. The van der Waals surface area contributed by atoms with Gasteiger partial charge >= 0.3 is 11.9 Å². The van der Waals surface area contributed by atoms with E-state index in [1.165, 1.54) is 0 Å². The van der Waals surface area contributed by atoms with Gasteiger partial charge in [0, 0.05) is 0 Å². The van der Waals surface area contributed by atoms with E-state index in [9.17, 15) is 9.59 Å². The van der Waals surface area contributed by atoms with Crippen molar-refractivity contribution in [2.24, 2.45) is 0 Å². The Morgan fingerprint density at radius 2 is 1.42 bits per heavy atom. The largest absolute Gasteiger partial charge is 0.476 e. The highest BCUT2D eigenvalue weighted by atomic mass is 16.5. The first-order chi connectivity index (χ1) is 5.52. The van der Waals surface area contributed by atoms with E-state index in [1.807, 2.05) is 0 Å². The van der Waals surface area contributed by atoms with Crippen LogP contribution in [-0.4, -0.2) is 42.5 Å². The second-order valence-electron chi connectivity index (χ2n) is 1.78. The fourth-order valence-electron chi connectivity index (χ4n) is 0.584. The molecule has 0 fully saturated rings. The summed E-state index contributed by atoms with van der Waals surface area (Å²) < 4.78 is 0. The fourth-order valence-corrected chi connectivity index (χ4v) is 0.584. The normalized spacial score (nSPS) is 9.67. The highest BCUT2D eigenvalue weighted by Crippen LogP contribution is 2.01. The van der Waals surface area contributed by atoms with Crippen molar-refractivity contribution in [3.63, 3.8) is 0 Å². The van der Waals surface area contributed by atoms with Gasteiger partial charge in [0.1, 0.15) is 0 Å². The van der Waals surface area contributed by atoms with Crippen LogP contribution in [0, 0.1) is 0 Å². The summed E-state index contributed by atoms with van der Waals surface area (Å²) in [7, 11) is 0. The number of carboxylic acids is 2. The van der Waals surface area contributed by atoms with Gasteiger partial charge in [-0.2, -0.15) is 0 Å². The molecule has 64 valence electrons. The molecule has 1 heterocycles. The molecule has 8 nitrogen and oxygen atoms in total. The van der Waals surface area contributed by atoms with Crippen LogP contribution in [0.2, 0.25) is 0 Å². The molecule has 0 atom stereocenters. The number of hydrogen-bond donors (Lipinski definition) is 3. The van der Waals surface area contributed by atoms with Crippen LogP contribution in [0.3, 0.4) is 0 Å². The van der Waals surface area contributed by atoms with E-state index in [4.69, 9.17) is 15.4 Å². The van der Waals surface area contributed by atoms with Crippen LogP contribution in [0.25, 0.3) is 0 Å². The van der Waals surface area contributed by atoms with Gasteiger partial charge in [0.15, 0.2) is 0 Å². The van der Waals surface area contributed by atoms with Gasteiger partial charge in [-0.05, 0) is 4.96 Å². The molecule has 0 unspecified atom stereocenters. The number of aromatic nitrogens is 3. The summed E-state index contributed by atoms with van der Waals surface area (Å²) >= 11 is 0. The van der Waals surface area contributed by atoms with Gasteiger partial charge in [-0.3, -0.25) is 0 Å². The van der Waals surface area contributed by atoms with E-state index in [2.05, 4.69) is 10.2 Å². The van der Waals surface area contributed by atoms with Crippen molar-refractivity contribution >= 4 is 11.9 Å². The first-order valence-corrected chi connectivity index (χ1v) is 2.65. The second kappa shape index (κ2) is 2.49. The summed E-state index contributed by atoms with van der Waals surface area (Å²) in [5.74, 6) is -3.12. The minimum absolute atomic E-state index is 0.104. The van der Waals surface area contributed by atoms with Crippen LogP contribution in [0.4, 0.5) is 0 Å². The van der Waals surface area contributed by atoms with E-state index in [-0.39, 0.29) is 4.96 Å². The Hall–Kier alpha value is -2.12. The molecule has 1 aromatic rings. The Balaban J connectivity index is 3.26. The number of aromatic carboxylic acids is 2. The number of carboxylic acid groups (broad SMARTS) is 2. The summed E-state index contributed by atoms with van der Waals surface area (Å²) in [6.07, 6.45) is 0. The van der Waals surface area contributed by atoms with Crippen LogP contribution in [0.5, 0.6) is 0 Å². The van der Waals surface area contributed by atoms with Crippen molar-refractivity contribution in [1.29, 1.82) is 0 Å². The minimum atomic E-state index is -1.56. The van der Waals surface area contributed by atoms with Gasteiger partial charge in [-0.1, -0.05) is 0 Å². The molecule has 0 spiro atoms. The van der Waals surface area contributed by atoms with Gasteiger partial charge in [-0.25, -0.2) is 9.59 Å². The molecular formula is C4H3N3O5. The predicted octanol–water partition coefficient (Wildman–Crippen LogP) is -1.09. The van der Waals surface area contributed by atoms with Crippen molar-refractivity contribution < 1.29 is 25.0 Å². The fraction of sp³-hybridized carbons (Fsp3) is 0. The first kappa shape index (κ1) is 7.98. The maximum atomic E-state index is 10.2. The van der Waals surface area contributed by atoms with Crippen molar-refractivity contribution in [3.8, 4) is 0 Å². The molecule has 0 bridgehead atoms. The van der Waals surface area contributed by atoms with Crippen molar-refractivity contribution in [2.75, 3.05) is 0 Å². The van der Waals surface area contributed by atoms with Gasteiger partial charge in [0.05, 0.1) is 0 Å². The van der Waals surface area contributed by atoms with Crippen LogP contribution in [0.15, 0.2) is 0 Å². The highest BCUT2D eigenvalue weighted by Gasteiger charge is 2.22. The molecule has 8 heteroatoms. The Morgan fingerprint density at radius 3 is 1.67 bits per heavy atom. The summed E-state index contributed by atoms with van der Waals surface area (Å²) in [4.78, 5) is 20.4. The zero-order chi connectivity index (χ0) is 9.30. The van der Waals surface area contributed by atoms with E-state index in [1.54, 1.807) is 0 Å². The van der Waals surface area contributed by atoms with Crippen LogP contribution in [-0.2, 0) is 0 Å². The maximum absolute atomic E-state index is 10.2. The lowest BCUT2D eigenvalue weighted by Gasteiger charge is -1.85. The quantitative estimate of drug-likeness (QED) is 0.485. The molecule has 0 amide bonds. The summed E-state index contributed by atoms with van der Waals surface area (Å²) in [5, 5.41) is 31.0. The van der Waals surface area contributed by atoms with E-state index in [0.717, 1.165) is 0 Å². The molecule has 0 saturated heterocycles. The minimum Gasteiger partial charge on any atom is -0.476 e. The Bertz CT molecular complexity index is 311. The monoisotopic (exact) mass is 173 g/mol. The molecule has 1 aromatic heterocycles. The zero-order valence-electron chi connectivity index (χ0n) is 5.50. The first-order valence-electron chi connectivity index (χ1n) is 2.65. The lowest BCUT2D eigenvalue weighted by Crippen LogP contribution is -2.07. The number of hydrogen-bond acceptors (Lipinski definition) is 5. The summed E-state index contributed by atoms with van der Waals surface area (Å²) in [6.45, 7) is 0. The van der Waals surface area contributed by atoms with Gasteiger partial charge in [0.2, 0.25) is 11.4 Å². The van der Waals surface area contributed by atoms with Gasteiger partial charge in [0.25, 0.3) is 0 Å². The third-order valence-electron chi connectivity index (χ3n) is 1.01. The summed E-state index contributed by atoms with van der Waals surface area (Å²) in [6, 6.07) is 0. The SMILES string of the molecule is O=C(O)c1nn(O)nc1C(=O)O. The van der Waals surface area contributed by atoms with Crippen LogP contribution in [0.1, 0.15) is 21.0 Å². The lowest BCUT2D eigenvalue weighted by molar-refractivity contribution is 0.0644. The third kappa shape index (κ3) is 1.17. The average molecular weight is 173 g/mol. The molecule has 0 aliphatic carbocycles. The van der Waals surface area contributed by atoms with Crippen LogP contribution < -0.4 is 0 Å². The lowest BCUT2D eigenvalue weighted by atomic mass is 10.3. The van der Waals surface area contributed by atoms with E-state index in [0.29, 0.717) is 0 Å². The highest BCUT2D eigenvalue weighted by molar-refractivity contribution is 5.98. The van der Waals surface area contributed by atoms with E-state index >= 15 is 0 Å². The second-order valence-corrected chi connectivity index (χ2v) is 1.78. The Labute approximate surface area is 64.6 Å². The topological polar surface area (TPSA) is 126 Å². The standard InChI is InChI=1S/C4H3N3O5/c8-3(9)1-2(4(10)11)6-7(12)5-1/h12H,(H,8,9)(H,10,11). The van der Waals surface area contributed by atoms with Crippen molar-refractivity contribution in [3.05, 3.63) is 11.4 Å². The molecule has 0 aliphatic rings. The molecular weight excluding hydrogens is 170 g/mol. The molecule has 1 rings (SSSR count). The summed E-state index contributed by atoms with van der Waals surface area (Å²) in [5.41, 5.74) is -1.60. The molecule has 0 aromatic carbocycles.